The van der Waals surface area contributed by atoms with Gasteiger partial charge in [0.25, 0.3) is 0 Å². The molecule has 5 heteroatoms. The number of aliphatic imine (C=N–C) groups is 1. The molecule has 1 aliphatic rings. The molecule has 1 unspecified atom stereocenters. The average Bonchev–Trinajstić information content (AvgIpc) is 2.89. The fourth-order valence-electron chi connectivity index (χ4n) is 2.40. The highest BCUT2D eigenvalue weighted by Crippen LogP contribution is 2.36. The Hall–Kier alpha value is -0.380. The molecule has 0 radical (unpaired) electrons. The van der Waals surface area contributed by atoms with Crippen LogP contribution in [0.15, 0.2) is 17.1 Å². The first-order chi connectivity index (χ1) is 9.56. The zero-order valence-corrected chi connectivity index (χ0v) is 14.4. The Bertz CT molecular complexity index is 513. The molecule has 2 nitrogen and oxygen atoms in total. The number of hydrogen-bond donors (Lipinski definition) is 1. The summed E-state index contributed by atoms with van der Waals surface area (Å²) in [5.41, 5.74) is 1.78. The number of anilines is 1. The Morgan fingerprint density at radius 2 is 2.05 bits per heavy atom. The first-order valence-electron chi connectivity index (χ1n) is 6.99. The second-order valence-corrected chi connectivity index (χ2v) is 7.07. The van der Waals surface area contributed by atoms with Crippen molar-refractivity contribution in [2.45, 2.75) is 38.9 Å². The molecule has 1 aromatic rings. The SMILES string of the molecule is CCC(CC)C1CN=C(Nc2c(Cl)ccc(C)c2Cl)S1. The summed E-state index contributed by atoms with van der Waals surface area (Å²) in [6.07, 6.45) is 2.39. The van der Waals surface area contributed by atoms with Crippen LogP contribution in [-0.4, -0.2) is 17.0 Å². The predicted molar refractivity (Wildman–Crippen MR) is 92.6 cm³/mol. The number of thioether (sulfide) groups is 1. The van der Waals surface area contributed by atoms with Gasteiger partial charge in [0.2, 0.25) is 0 Å². The van der Waals surface area contributed by atoms with E-state index < -0.39 is 0 Å². The first-order valence-corrected chi connectivity index (χ1v) is 8.63. The molecule has 0 saturated carbocycles. The maximum atomic E-state index is 6.32. The van der Waals surface area contributed by atoms with Gasteiger partial charge < -0.3 is 5.32 Å². The zero-order chi connectivity index (χ0) is 14.7. The van der Waals surface area contributed by atoms with Crippen LogP contribution in [0.3, 0.4) is 0 Å². The van der Waals surface area contributed by atoms with E-state index in [1.54, 1.807) is 0 Å². The number of benzene rings is 1. The van der Waals surface area contributed by atoms with E-state index in [2.05, 4.69) is 24.2 Å². The van der Waals surface area contributed by atoms with Crippen LogP contribution in [-0.2, 0) is 0 Å². The lowest BCUT2D eigenvalue weighted by molar-refractivity contribution is 0.479. The van der Waals surface area contributed by atoms with Crippen molar-refractivity contribution in [3.63, 3.8) is 0 Å². The molecule has 1 aromatic carbocycles. The predicted octanol–water partition coefficient (Wildman–Crippen LogP) is 5.62. The molecule has 1 N–H and O–H groups in total. The van der Waals surface area contributed by atoms with E-state index >= 15 is 0 Å². The lowest BCUT2D eigenvalue weighted by atomic mass is 9.99. The molecule has 1 aliphatic heterocycles. The lowest BCUT2D eigenvalue weighted by Gasteiger charge is -2.19. The fraction of sp³-hybridized carbons (Fsp3) is 0.533. The van der Waals surface area contributed by atoms with Crippen LogP contribution in [0.4, 0.5) is 5.69 Å². The molecule has 1 heterocycles. The molecule has 2 rings (SSSR count). The summed E-state index contributed by atoms with van der Waals surface area (Å²) in [5.74, 6) is 0.714. The lowest BCUT2D eigenvalue weighted by Crippen LogP contribution is -2.17. The third kappa shape index (κ3) is 3.44. The highest BCUT2D eigenvalue weighted by molar-refractivity contribution is 8.15. The van der Waals surface area contributed by atoms with Crippen molar-refractivity contribution in [1.29, 1.82) is 0 Å². The smallest absolute Gasteiger partial charge is 0.161 e. The summed E-state index contributed by atoms with van der Waals surface area (Å²) in [7, 11) is 0. The quantitative estimate of drug-likeness (QED) is 0.774. The van der Waals surface area contributed by atoms with Crippen molar-refractivity contribution in [3.8, 4) is 0 Å². The van der Waals surface area contributed by atoms with Gasteiger partial charge in [0.05, 0.1) is 22.3 Å². The summed E-state index contributed by atoms with van der Waals surface area (Å²) in [6.45, 7) is 7.34. The van der Waals surface area contributed by atoms with Gasteiger partial charge in [0, 0.05) is 5.25 Å². The number of nitrogens with zero attached hydrogens (tertiary/aromatic N) is 1. The van der Waals surface area contributed by atoms with E-state index in [0.717, 1.165) is 23.0 Å². The van der Waals surface area contributed by atoms with Crippen molar-refractivity contribution >= 4 is 45.8 Å². The molecule has 0 aliphatic carbocycles. The Kier molecular flexibility index (Phi) is 5.65. The van der Waals surface area contributed by atoms with Gasteiger partial charge in [0.15, 0.2) is 5.17 Å². The van der Waals surface area contributed by atoms with E-state index in [0.29, 0.717) is 21.2 Å². The van der Waals surface area contributed by atoms with Crippen LogP contribution in [0.2, 0.25) is 10.0 Å². The van der Waals surface area contributed by atoms with Crippen LogP contribution >= 0.6 is 35.0 Å². The number of aryl methyl sites for hydroxylation is 1. The molecule has 1 atom stereocenters. The topological polar surface area (TPSA) is 24.4 Å². The number of rotatable bonds is 4. The fourth-order valence-corrected chi connectivity index (χ4v) is 4.19. The summed E-state index contributed by atoms with van der Waals surface area (Å²) < 4.78 is 0. The molecule has 0 spiro atoms. The molecular formula is C15H20Cl2N2S. The molecule has 0 amide bonds. The minimum absolute atomic E-state index is 0.565. The van der Waals surface area contributed by atoms with Crippen molar-refractivity contribution < 1.29 is 0 Å². The minimum Gasteiger partial charge on any atom is -0.333 e. The van der Waals surface area contributed by atoms with Crippen molar-refractivity contribution in [3.05, 3.63) is 27.7 Å². The maximum absolute atomic E-state index is 6.32. The number of halogens is 2. The van der Waals surface area contributed by atoms with Crippen LogP contribution < -0.4 is 5.32 Å². The molecule has 0 fully saturated rings. The van der Waals surface area contributed by atoms with Gasteiger partial charge in [-0.1, -0.05) is 67.7 Å². The number of hydrogen-bond acceptors (Lipinski definition) is 3. The summed E-state index contributed by atoms with van der Waals surface area (Å²) in [6, 6.07) is 3.79. The maximum Gasteiger partial charge on any atom is 0.161 e. The number of nitrogens with one attached hydrogen (secondary N) is 1. The highest BCUT2D eigenvalue weighted by Gasteiger charge is 2.26. The average molecular weight is 331 g/mol. The van der Waals surface area contributed by atoms with Crippen LogP contribution in [0.5, 0.6) is 0 Å². The standard InChI is InChI=1S/C15H20Cl2N2S/c1-4-10(5-2)12-8-18-15(20-12)19-14-11(16)7-6-9(3)13(14)17/h6-7,10,12H,4-5,8H2,1-3H3,(H,18,19). The van der Waals surface area contributed by atoms with Crippen LogP contribution in [0.25, 0.3) is 0 Å². The Balaban J connectivity index is 2.08. The van der Waals surface area contributed by atoms with Gasteiger partial charge >= 0.3 is 0 Å². The van der Waals surface area contributed by atoms with Gasteiger partial charge in [-0.2, -0.15) is 0 Å². The Labute approximate surface area is 135 Å². The highest BCUT2D eigenvalue weighted by atomic mass is 35.5. The summed E-state index contributed by atoms with van der Waals surface area (Å²) in [5, 5.41) is 6.10. The minimum atomic E-state index is 0.565. The third-order valence-electron chi connectivity index (χ3n) is 3.77. The molecule has 20 heavy (non-hydrogen) atoms. The summed E-state index contributed by atoms with van der Waals surface area (Å²) >= 11 is 14.3. The summed E-state index contributed by atoms with van der Waals surface area (Å²) in [4.78, 5) is 4.59. The zero-order valence-electron chi connectivity index (χ0n) is 12.0. The van der Waals surface area contributed by atoms with Gasteiger partial charge in [0.1, 0.15) is 0 Å². The molecule has 0 bridgehead atoms. The molecular weight excluding hydrogens is 311 g/mol. The molecule has 110 valence electrons. The van der Waals surface area contributed by atoms with E-state index in [9.17, 15) is 0 Å². The van der Waals surface area contributed by atoms with Gasteiger partial charge in [-0.05, 0) is 24.5 Å². The van der Waals surface area contributed by atoms with Crippen molar-refractivity contribution in [2.75, 3.05) is 11.9 Å². The second kappa shape index (κ2) is 7.06. The number of amidine groups is 1. The molecule has 0 saturated heterocycles. The third-order valence-corrected chi connectivity index (χ3v) is 5.86. The Morgan fingerprint density at radius 3 is 2.70 bits per heavy atom. The van der Waals surface area contributed by atoms with E-state index in [1.165, 1.54) is 12.8 Å². The van der Waals surface area contributed by atoms with Crippen LogP contribution in [0, 0.1) is 12.8 Å². The first kappa shape index (κ1) is 16.0. The van der Waals surface area contributed by atoms with Gasteiger partial charge in [-0.25, -0.2) is 0 Å². The second-order valence-electron chi connectivity index (χ2n) is 5.06. The normalized spacial score (nSPS) is 18.5. The van der Waals surface area contributed by atoms with E-state index in [-0.39, 0.29) is 0 Å². The van der Waals surface area contributed by atoms with Crippen LogP contribution in [0.1, 0.15) is 32.3 Å². The van der Waals surface area contributed by atoms with Crippen molar-refractivity contribution in [2.24, 2.45) is 10.9 Å². The van der Waals surface area contributed by atoms with E-state index in [4.69, 9.17) is 23.2 Å². The van der Waals surface area contributed by atoms with Gasteiger partial charge in [-0.3, -0.25) is 4.99 Å². The largest absolute Gasteiger partial charge is 0.333 e. The van der Waals surface area contributed by atoms with E-state index in [1.807, 2.05) is 30.8 Å². The monoisotopic (exact) mass is 330 g/mol. The molecule has 0 aromatic heterocycles. The van der Waals surface area contributed by atoms with Gasteiger partial charge in [-0.15, -0.1) is 0 Å². The Morgan fingerprint density at radius 1 is 1.35 bits per heavy atom. The van der Waals surface area contributed by atoms with Crippen molar-refractivity contribution in [1.82, 2.24) is 0 Å².